The second kappa shape index (κ2) is 3.90. The first-order chi connectivity index (χ1) is 6.45. The Balaban J connectivity index is 2.95. The molecule has 0 N–H and O–H groups in total. The van der Waals surface area contributed by atoms with Crippen LogP contribution in [0.2, 0.25) is 6.32 Å². The van der Waals surface area contributed by atoms with Crippen LogP contribution in [0.3, 0.4) is 0 Å². The van der Waals surface area contributed by atoms with E-state index in [1.54, 1.807) is 6.20 Å². The Morgan fingerprint density at radius 3 is 2.36 bits per heavy atom. The van der Waals surface area contributed by atoms with Gasteiger partial charge in [0.15, 0.2) is 5.78 Å². The van der Waals surface area contributed by atoms with E-state index in [9.17, 15) is 4.79 Å². The fourth-order valence-corrected chi connectivity index (χ4v) is 0.964. The van der Waals surface area contributed by atoms with E-state index in [4.69, 9.17) is 7.85 Å². The molecule has 0 amide bonds. The zero-order valence-corrected chi connectivity index (χ0v) is 8.74. The minimum Gasteiger partial charge on any atom is -0.293 e. The molecule has 0 saturated carbocycles. The van der Waals surface area contributed by atoms with E-state index in [0.29, 0.717) is 5.69 Å². The predicted octanol–water partition coefficient (Wildman–Crippen LogP) is 1.54. The van der Waals surface area contributed by atoms with Crippen molar-refractivity contribution < 1.29 is 4.79 Å². The lowest BCUT2D eigenvalue weighted by Gasteiger charge is -2.16. The second-order valence-corrected chi connectivity index (χ2v) is 4.16. The molecule has 1 heterocycles. The third-order valence-corrected chi connectivity index (χ3v) is 1.89. The van der Waals surface area contributed by atoms with Crippen LogP contribution >= 0.6 is 0 Å². The summed E-state index contributed by atoms with van der Waals surface area (Å²) in [7, 11) is 5.21. The Kier molecular flexibility index (Phi) is 3.04. The average molecular weight is 188 g/mol. The molecule has 0 aliphatic carbocycles. The van der Waals surface area contributed by atoms with Crippen molar-refractivity contribution in [1.82, 2.24) is 9.97 Å². The highest BCUT2D eigenvalue weighted by atomic mass is 16.1. The number of aromatic nitrogens is 2. The van der Waals surface area contributed by atoms with Gasteiger partial charge in [0.25, 0.3) is 0 Å². The van der Waals surface area contributed by atoms with Gasteiger partial charge in [-0.2, -0.15) is 0 Å². The Labute approximate surface area is 85.4 Å². The number of hydrogen-bond donors (Lipinski definition) is 0. The molecular formula is C10H13BN2O. The molecule has 0 atom stereocenters. The first kappa shape index (κ1) is 10.9. The SMILES string of the molecule is [B]CC(=O)c1cnc(C(C)(C)C)cn1. The zero-order chi connectivity index (χ0) is 10.8. The minimum atomic E-state index is -0.182. The maximum Gasteiger partial charge on any atom is 0.174 e. The Hall–Kier alpha value is -1.19. The number of rotatable bonds is 2. The van der Waals surface area contributed by atoms with Gasteiger partial charge in [0.1, 0.15) is 5.69 Å². The number of hydrogen-bond acceptors (Lipinski definition) is 3. The van der Waals surface area contributed by atoms with Crippen molar-refractivity contribution >= 4 is 13.6 Å². The van der Waals surface area contributed by atoms with Crippen LogP contribution in [0.5, 0.6) is 0 Å². The molecule has 72 valence electrons. The lowest BCUT2D eigenvalue weighted by molar-refractivity contribution is 0.101. The topological polar surface area (TPSA) is 42.9 Å². The molecule has 0 unspecified atom stereocenters. The van der Waals surface area contributed by atoms with Gasteiger partial charge in [-0.05, 0) is 6.32 Å². The van der Waals surface area contributed by atoms with Crippen LogP contribution < -0.4 is 0 Å². The van der Waals surface area contributed by atoms with Gasteiger partial charge >= 0.3 is 0 Å². The van der Waals surface area contributed by atoms with E-state index in [2.05, 4.69) is 9.97 Å². The van der Waals surface area contributed by atoms with Crippen molar-refractivity contribution in [1.29, 1.82) is 0 Å². The van der Waals surface area contributed by atoms with E-state index >= 15 is 0 Å². The summed E-state index contributed by atoms with van der Waals surface area (Å²) in [6, 6.07) is 0. The van der Waals surface area contributed by atoms with Gasteiger partial charge < -0.3 is 0 Å². The summed E-state index contributed by atoms with van der Waals surface area (Å²) in [4.78, 5) is 19.4. The highest BCUT2D eigenvalue weighted by molar-refractivity contribution is 6.23. The van der Waals surface area contributed by atoms with Crippen molar-refractivity contribution in [2.24, 2.45) is 0 Å². The fourth-order valence-electron chi connectivity index (χ4n) is 0.964. The summed E-state index contributed by atoms with van der Waals surface area (Å²) in [5.74, 6) is -0.182. The van der Waals surface area contributed by atoms with E-state index < -0.39 is 0 Å². The fraction of sp³-hybridized carbons (Fsp3) is 0.500. The largest absolute Gasteiger partial charge is 0.293 e. The van der Waals surface area contributed by atoms with Crippen molar-refractivity contribution in [2.45, 2.75) is 32.5 Å². The molecule has 1 aromatic heterocycles. The first-order valence-corrected chi connectivity index (χ1v) is 4.51. The van der Waals surface area contributed by atoms with E-state index in [0.717, 1.165) is 5.69 Å². The molecule has 0 aromatic carbocycles. The van der Waals surface area contributed by atoms with Crippen LogP contribution in [0.15, 0.2) is 12.4 Å². The van der Waals surface area contributed by atoms with Gasteiger partial charge in [0, 0.05) is 11.6 Å². The highest BCUT2D eigenvalue weighted by Crippen LogP contribution is 2.18. The molecular weight excluding hydrogens is 175 g/mol. The number of carbonyl (C=O) groups is 1. The van der Waals surface area contributed by atoms with Crippen LogP contribution in [0.1, 0.15) is 37.0 Å². The molecule has 3 nitrogen and oxygen atoms in total. The average Bonchev–Trinajstić information content (AvgIpc) is 2.15. The zero-order valence-electron chi connectivity index (χ0n) is 8.74. The highest BCUT2D eigenvalue weighted by Gasteiger charge is 2.16. The predicted molar refractivity (Wildman–Crippen MR) is 55.6 cm³/mol. The number of nitrogens with zero attached hydrogens (tertiary/aromatic N) is 2. The van der Waals surface area contributed by atoms with Gasteiger partial charge in [-0.1, -0.05) is 20.8 Å². The number of Topliss-reactive ketones (excluding diaryl/α,β-unsaturated/α-hetero) is 1. The molecule has 0 fully saturated rings. The van der Waals surface area contributed by atoms with Crippen molar-refractivity contribution in [3.05, 3.63) is 23.8 Å². The summed E-state index contributed by atoms with van der Waals surface area (Å²) in [5, 5.41) is 0. The third kappa shape index (κ3) is 2.40. The summed E-state index contributed by atoms with van der Waals surface area (Å²) in [6.07, 6.45) is 3.09. The first-order valence-electron chi connectivity index (χ1n) is 4.51. The molecule has 4 heteroatoms. The molecule has 1 aromatic rings. The monoisotopic (exact) mass is 188 g/mol. The van der Waals surface area contributed by atoms with E-state index in [1.165, 1.54) is 6.20 Å². The van der Waals surface area contributed by atoms with Crippen LogP contribution in [0.4, 0.5) is 0 Å². The molecule has 1 rings (SSSR count). The maximum absolute atomic E-state index is 11.1. The second-order valence-electron chi connectivity index (χ2n) is 4.16. The van der Waals surface area contributed by atoms with Gasteiger partial charge in [0.2, 0.25) is 0 Å². The maximum atomic E-state index is 11.1. The standard InChI is InChI=1S/C10H13BN2O/c1-10(2,3)9-6-12-7(5-13-9)8(14)4-11/h5-6H,4H2,1-3H3. The lowest BCUT2D eigenvalue weighted by atomic mass is 9.92. The van der Waals surface area contributed by atoms with Gasteiger partial charge in [0.05, 0.1) is 19.7 Å². The Morgan fingerprint density at radius 1 is 1.36 bits per heavy atom. The molecule has 0 aliphatic heterocycles. The van der Waals surface area contributed by atoms with Crippen LogP contribution in [0.25, 0.3) is 0 Å². The summed E-state index contributed by atoms with van der Waals surface area (Å²) >= 11 is 0. The van der Waals surface area contributed by atoms with Crippen molar-refractivity contribution in [3.8, 4) is 0 Å². The van der Waals surface area contributed by atoms with Crippen LogP contribution in [-0.4, -0.2) is 23.6 Å². The van der Waals surface area contributed by atoms with Gasteiger partial charge in [-0.25, -0.2) is 4.98 Å². The van der Waals surface area contributed by atoms with Gasteiger partial charge in [-0.15, -0.1) is 0 Å². The van der Waals surface area contributed by atoms with Crippen LogP contribution in [0, 0.1) is 0 Å². The molecule has 0 saturated heterocycles. The molecule has 0 bridgehead atoms. The Morgan fingerprint density at radius 2 is 2.00 bits per heavy atom. The van der Waals surface area contributed by atoms with Crippen molar-refractivity contribution in [2.75, 3.05) is 0 Å². The summed E-state index contributed by atoms with van der Waals surface area (Å²) in [5.41, 5.74) is 1.16. The van der Waals surface area contributed by atoms with Gasteiger partial charge in [-0.3, -0.25) is 9.78 Å². The summed E-state index contributed by atoms with van der Waals surface area (Å²) in [6.45, 7) is 6.13. The van der Waals surface area contributed by atoms with Crippen molar-refractivity contribution in [3.63, 3.8) is 0 Å². The normalized spacial score (nSPS) is 11.4. The number of carbonyl (C=O) groups excluding carboxylic acids is 1. The third-order valence-electron chi connectivity index (χ3n) is 1.89. The molecule has 0 aliphatic rings. The molecule has 14 heavy (non-hydrogen) atoms. The Bertz CT molecular complexity index is 327. The number of ketones is 1. The smallest absolute Gasteiger partial charge is 0.174 e. The molecule has 0 spiro atoms. The lowest BCUT2D eigenvalue weighted by Crippen LogP contribution is -2.15. The van der Waals surface area contributed by atoms with E-state index in [1.807, 2.05) is 20.8 Å². The minimum absolute atomic E-state index is 0.0243. The van der Waals surface area contributed by atoms with E-state index in [-0.39, 0.29) is 17.5 Å². The summed E-state index contributed by atoms with van der Waals surface area (Å²) < 4.78 is 0. The molecule has 2 radical (unpaired) electrons. The quantitative estimate of drug-likeness (QED) is 0.522. The van der Waals surface area contributed by atoms with Crippen LogP contribution in [-0.2, 0) is 5.41 Å².